The molecule has 1 N–H and O–H groups in total. The molecule has 3 rings (SSSR count). The predicted molar refractivity (Wildman–Crippen MR) is 85.5 cm³/mol. The van der Waals surface area contributed by atoms with Gasteiger partial charge in [-0.3, -0.25) is 14.2 Å². The van der Waals surface area contributed by atoms with Gasteiger partial charge in [0, 0.05) is 11.6 Å². The molecular formula is C17H20N2O4. The molecule has 1 heterocycles. The van der Waals surface area contributed by atoms with E-state index in [0.29, 0.717) is 16.7 Å². The van der Waals surface area contributed by atoms with Crippen molar-refractivity contribution in [3.8, 4) is 0 Å². The first-order chi connectivity index (χ1) is 11.0. The number of benzene rings is 1. The summed E-state index contributed by atoms with van der Waals surface area (Å²) in [6, 6.07) is 5.02. The van der Waals surface area contributed by atoms with Crippen LogP contribution < -0.4 is 11.1 Å². The average Bonchev–Trinajstić information content (AvgIpc) is 2.83. The largest absolute Gasteiger partial charge is 0.420 e. The summed E-state index contributed by atoms with van der Waals surface area (Å²) < 4.78 is 6.46. The monoisotopic (exact) mass is 316 g/mol. The van der Waals surface area contributed by atoms with E-state index < -0.39 is 5.76 Å². The van der Waals surface area contributed by atoms with E-state index in [1.807, 2.05) is 0 Å². The zero-order valence-corrected chi connectivity index (χ0v) is 13.1. The molecule has 0 radical (unpaired) electrons. The third kappa shape index (κ3) is 3.36. The van der Waals surface area contributed by atoms with Crippen molar-refractivity contribution in [1.82, 2.24) is 9.88 Å². The number of hydrogen-bond acceptors (Lipinski definition) is 4. The summed E-state index contributed by atoms with van der Waals surface area (Å²) in [5.41, 5.74) is 1.33. The first-order valence-corrected chi connectivity index (χ1v) is 7.98. The lowest BCUT2D eigenvalue weighted by atomic mass is 9.95. The average molecular weight is 316 g/mol. The summed E-state index contributed by atoms with van der Waals surface area (Å²) in [6.07, 6.45) is 5.47. The van der Waals surface area contributed by atoms with Crippen LogP contribution in [0.15, 0.2) is 27.4 Å². The van der Waals surface area contributed by atoms with Gasteiger partial charge >= 0.3 is 5.76 Å². The molecule has 6 nitrogen and oxygen atoms in total. The fourth-order valence-electron chi connectivity index (χ4n) is 3.10. The number of carbonyl (C=O) groups excluding carboxylic acids is 2. The first kappa shape index (κ1) is 15.5. The van der Waals surface area contributed by atoms with Crippen LogP contribution in [0.2, 0.25) is 0 Å². The lowest BCUT2D eigenvalue weighted by Gasteiger charge is -2.22. The van der Waals surface area contributed by atoms with Crippen LogP contribution in [0.5, 0.6) is 0 Å². The van der Waals surface area contributed by atoms with Crippen molar-refractivity contribution in [3.05, 3.63) is 34.3 Å². The lowest BCUT2D eigenvalue weighted by Crippen LogP contribution is -2.39. The van der Waals surface area contributed by atoms with Crippen LogP contribution in [0.25, 0.3) is 11.1 Å². The fraction of sp³-hybridized carbons (Fsp3) is 0.471. The van der Waals surface area contributed by atoms with Gasteiger partial charge in [0.1, 0.15) is 6.54 Å². The Labute approximate surface area is 133 Å². The van der Waals surface area contributed by atoms with Crippen LogP contribution in [-0.4, -0.2) is 22.3 Å². The number of nitrogens with zero attached hydrogens (tertiary/aromatic N) is 1. The molecule has 0 atom stereocenters. The highest BCUT2D eigenvalue weighted by atomic mass is 16.4. The molecule has 1 fully saturated rings. The second-order valence-electron chi connectivity index (χ2n) is 6.10. The van der Waals surface area contributed by atoms with E-state index in [4.69, 9.17) is 4.42 Å². The fourth-order valence-corrected chi connectivity index (χ4v) is 3.10. The highest BCUT2D eigenvalue weighted by Crippen LogP contribution is 2.18. The number of Topliss-reactive ketones (excluding diaryl/α,β-unsaturated/α-hetero) is 1. The third-order valence-electron chi connectivity index (χ3n) is 4.35. The number of fused-ring (bicyclic) bond motifs is 1. The molecule has 2 aromatic rings. The Morgan fingerprint density at radius 3 is 2.70 bits per heavy atom. The zero-order valence-electron chi connectivity index (χ0n) is 13.1. The van der Waals surface area contributed by atoms with Gasteiger partial charge in [0.05, 0.1) is 5.52 Å². The van der Waals surface area contributed by atoms with Gasteiger partial charge in [-0.1, -0.05) is 19.3 Å². The molecule has 0 spiro atoms. The summed E-state index contributed by atoms with van der Waals surface area (Å²) in [6.45, 7) is 1.38. The number of nitrogens with one attached hydrogen (secondary N) is 1. The number of aromatic nitrogens is 1. The van der Waals surface area contributed by atoms with Gasteiger partial charge in [0.2, 0.25) is 5.91 Å². The van der Waals surface area contributed by atoms with Crippen molar-refractivity contribution in [3.63, 3.8) is 0 Å². The van der Waals surface area contributed by atoms with E-state index in [1.54, 1.807) is 12.1 Å². The molecule has 0 unspecified atom stereocenters. The maximum atomic E-state index is 12.2. The first-order valence-electron chi connectivity index (χ1n) is 7.98. The minimum absolute atomic E-state index is 0.0677. The van der Waals surface area contributed by atoms with E-state index in [9.17, 15) is 14.4 Å². The summed E-state index contributed by atoms with van der Waals surface area (Å²) in [7, 11) is 0. The highest BCUT2D eigenvalue weighted by molar-refractivity contribution is 5.97. The van der Waals surface area contributed by atoms with Gasteiger partial charge in [-0.25, -0.2) is 4.79 Å². The predicted octanol–water partition coefficient (Wildman–Crippen LogP) is 2.25. The van der Waals surface area contributed by atoms with Gasteiger partial charge in [-0.05, 0) is 38.0 Å². The molecule has 1 aromatic heterocycles. The number of oxazole rings is 1. The second-order valence-corrected chi connectivity index (χ2v) is 6.10. The summed E-state index contributed by atoms with van der Waals surface area (Å²) >= 11 is 0. The maximum absolute atomic E-state index is 12.2. The van der Waals surface area contributed by atoms with Crippen molar-refractivity contribution in [2.75, 3.05) is 0 Å². The van der Waals surface area contributed by atoms with Crippen molar-refractivity contribution in [1.29, 1.82) is 0 Å². The molecule has 0 saturated heterocycles. The van der Waals surface area contributed by atoms with E-state index in [-0.39, 0.29) is 24.3 Å². The summed E-state index contributed by atoms with van der Waals surface area (Å²) in [5.74, 6) is -0.866. The molecule has 1 saturated carbocycles. The van der Waals surface area contributed by atoms with Crippen LogP contribution in [0.1, 0.15) is 49.4 Å². The van der Waals surface area contributed by atoms with Crippen LogP contribution in [0, 0.1) is 0 Å². The minimum Gasteiger partial charge on any atom is -0.408 e. The quantitative estimate of drug-likeness (QED) is 0.877. The Balaban J connectivity index is 1.79. The van der Waals surface area contributed by atoms with Gasteiger partial charge < -0.3 is 9.73 Å². The van der Waals surface area contributed by atoms with Gasteiger partial charge in [0.25, 0.3) is 0 Å². The Bertz CT molecular complexity index is 797. The van der Waals surface area contributed by atoms with Gasteiger partial charge in [-0.2, -0.15) is 0 Å². The summed E-state index contributed by atoms with van der Waals surface area (Å²) in [5, 5.41) is 2.98. The number of ketones is 1. The van der Waals surface area contributed by atoms with Crippen LogP contribution >= 0.6 is 0 Å². The van der Waals surface area contributed by atoms with E-state index in [0.717, 1.165) is 25.7 Å². The molecule has 122 valence electrons. The van der Waals surface area contributed by atoms with Crippen molar-refractivity contribution in [2.45, 2.75) is 51.6 Å². The van der Waals surface area contributed by atoms with Crippen LogP contribution in [-0.2, 0) is 11.3 Å². The SMILES string of the molecule is CC(=O)c1ccc2c(c1)oc(=O)n2CC(=O)NC1CCCCC1. The standard InChI is InChI=1S/C17H20N2O4/c1-11(20)12-7-8-14-15(9-12)23-17(22)19(14)10-16(21)18-13-5-3-2-4-6-13/h7-9,13H,2-6,10H2,1H3,(H,18,21). The Morgan fingerprint density at radius 1 is 1.26 bits per heavy atom. The lowest BCUT2D eigenvalue weighted by molar-refractivity contribution is -0.122. The topological polar surface area (TPSA) is 81.3 Å². The third-order valence-corrected chi connectivity index (χ3v) is 4.35. The van der Waals surface area contributed by atoms with E-state index in [1.165, 1.54) is 24.0 Å². The highest BCUT2D eigenvalue weighted by Gasteiger charge is 2.18. The number of carbonyl (C=O) groups is 2. The van der Waals surface area contributed by atoms with Gasteiger partial charge in [-0.15, -0.1) is 0 Å². The Hall–Kier alpha value is -2.37. The zero-order chi connectivity index (χ0) is 16.4. The Morgan fingerprint density at radius 2 is 2.00 bits per heavy atom. The number of hydrogen-bond donors (Lipinski definition) is 1. The van der Waals surface area contributed by atoms with Gasteiger partial charge in [0.15, 0.2) is 11.4 Å². The van der Waals surface area contributed by atoms with Crippen LogP contribution in [0.3, 0.4) is 0 Å². The maximum Gasteiger partial charge on any atom is 0.420 e. The van der Waals surface area contributed by atoms with Crippen molar-refractivity contribution >= 4 is 22.8 Å². The van der Waals surface area contributed by atoms with E-state index >= 15 is 0 Å². The number of amides is 1. The Kier molecular flexibility index (Phi) is 4.32. The summed E-state index contributed by atoms with van der Waals surface area (Å²) in [4.78, 5) is 35.6. The van der Waals surface area contributed by atoms with Crippen molar-refractivity contribution < 1.29 is 14.0 Å². The number of rotatable bonds is 4. The molecule has 6 heteroatoms. The molecule has 1 aromatic carbocycles. The second kappa shape index (κ2) is 6.40. The molecule has 1 aliphatic carbocycles. The van der Waals surface area contributed by atoms with Crippen LogP contribution in [0.4, 0.5) is 0 Å². The molecule has 1 aliphatic rings. The molecule has 23 heavy (non-hydrogen) atoms. The smallest absolute Gasteiger partial charge is 0.408 e. The normalized spacial score (nSPS) is 15.7. The molecular weight excluding hydrogens is 296 g/mol. The molecule has 0 aliphatic heterocycles. The van der Waals surface area contributed by atoms with E-state index in [2.05, 4.69) is 5.32 Å². The van der Waals surface area contributed by atoms with Crippen molar-refractivity contribution in [2.24, 2.45) is 0 Å². The molecule has 0 bridgehead atoms. The minimum atomic E-state index is -0.584. The molecule has 1 amide bonds.